The first-order valence-electron chi connectivity index (χ1n) is 13.1. The van der Waals surface area contributed by atoms with E-state index in [0.29, 0.717) is 13.0 Å². The molecular formula is C29H36ClFN4O2. The fourth-order valence-corrected chi connectivity index (χ4v) is 5.48. The number of likely N-dealkylation sites (tertiary alicyclic amines) is 1. The second kappa shape index (κ2) is 12.7. The fourth-order valence-electron chi connectivity index (χ4n) is 5.24. The first-order valence-corrected chi connectivity index (χ1v) is 13.5. The second-order valence-electron chi connectivity index (χ2n) is 9.79. The van der Waals surface area contributed by atoms with E-state index in [1.807, 2.05) is 24.4 Å². The van der Waals surface area contributed by atoms with Gasteiger partial charge in [0.25, 0.3) is 5.91 Å². The van der Waals surface area contributed by atoms with Gasteiger partial charge in [-0.15, -0.1) is 0 Å². The average Bonchev–Trinajstić information content (AvgIpc) is 3.46. The summed E-state index contributed by atoms with van der Waals surface area (Å²) in [5.74, 6) is -0.690. The third-order valence-corrected chi connectivity index (χ3v) is 7.72. The Hall–Kier alpha value is -2.74. The maximum atomic E-state index is 14.2. The van der Waals surface area contributed by atoms with E-state index < -0.39 is 11.7 Å². The molecule has 2 amide bonds. The molecule has 2 aromatic rings. The van der Waals surface area contributed by atoms with Crippen molar-refractivity contribution in [1.82, 2.24) is 20.0 Å². The van der Waals surface area contributed by atoms with E-state index in [4.69, 9.17) is 11.6 Å². The molecule has 2 atom stereocenters. The summed E-state index contributed by atoms with van der Waals surface area (Å²) in [7, 11) is 0. The molecule has 1 N–H and O–H groups in total. The number of hydrogen-bond acceptors (Lipinski definition) is 4. The van der Waals surface area contributed by atoms with Crippen LogP contribution >= 0.6 is 11.6 Å². The van der Waals surface area contributed by atoms with Gasteiger partial charge in [0.2, 0.25) is 5.91 Å². The fraction of sp³-hybridized carbons (Fsp3) is 0.448. The first-order chi connectivity index (χ1) is 17.9. The van der Waals surface area contributed by atoms with E-state index in [9.17, 15) is 14.0 Å². The van der Waals surface area contributed by atoms with Crippen molar-refractivity contribution in [2.45, 2.75) is 32.7 Å². The van der Waals surface area contributed by atoms with Crippen LogP contribution < -0.4 is 5.32 Å². The van der Waals surface area contributed by atoms with Gasteiger partial charge in [0, 0.05) is 51.3 Å². The minimum atomic E-state index is -0.597. The summed E-state index contributed by atoms with van der Waals surface area (Å²) in [5, 5.41) is 3.39. The van der Waals surface area contributed by atoms with E-state index in [-0.39, 0.29) is 28.5 Å². The molecule has 8 heteroatoms. The van der Waals surface area contributed by atoms with Crippen molar-refractivity contribution in [3.05, 3.63) is 82.3 Å². The number of nitrogens with zero attached hydrogens (tertiary/aromatic N) is 3. The molecule has 0 saturated carbocycles. The number of amides is 2. The van der Waals surface area contributed by atoms with Gasteiger partial charge in [0.15, 0.2) is 0 Å². The average molecular weight is 527 g/mol. The Bertz CT molecular complexity index is 1100. The van der Waals surface area contributed by atoms with Crippen LogP contribution in [0.2, 0.25) is 5.02 Å². The minimum absolute atomic E-state index is 0.0545. The highest BCUT2D eigenvalue weighted by atomic mass is 35.5. The standard InChI is InChI=1S/C29H36ClFN4O2/c1-3-33(4-2)16-14-27(36)32-26(21-9-6-5-7-10-21)13-15-34-17-22-19-35(20-23(22)18-34)29(37)28-24(30)11-8-12-25(28)31/h5-12,19,23,26H,3-4,13-18,20H2,1-2H3,(H,32,36)/t23?,26-/m0/s1. The molecule has 0 bridgehead atoms. The van der Waals surface area contributed by atoms with Crippen LogP contribution in [-0.4, -0.2) is 72.3 Å². The van der Waals surface area contributed by atoms with Crippen LogP contribution in [0.3, 0.4) is 0 Å². The van der Waals surface area contributed by atoms with Gasteiger partial charge in [0.1, 0.15) is 5.82 Å². The molecule has 0 aliphatic carbocycles. The predicted octanol–water partition coefficient (Wildman–Crippen LogP) is 4.73. The molecule has 198 valence electrons. The van der Waals surface area contributed by atoms with Crippen molar-refractivity contribution < 1.29 is 14.0 Å². The summed E-state index contributed by atoms with van der Waals surface area (Å²) in [5.41, 5.74) is 2.22. The van der Waals surface area contributed by atoms with E-state index in [1.165, 1.54) is 23.8 Å². The number of benzene rings is 2. The highest BCUT2D eigenvalue weighted by Gasteiger charge is 2.36. The van der Waals surface area contributed by atoms with Crippen LogP contribution in [0.1, 0.15) is 48.7 Å². The Kier molecular flexibility index (Phi) is 9.35. The normalized spacial score (nSPS) is 18.1. The zero-order chi connectivity index (χ0) is 26.4. The monoisotopic (exact) mass is 526 g/mol. The Labute approximate surface area is 224 Å². The summed E-state index contributed by atoms with van der Waals surface area (Å²) in [6.45, 7) is 9.81. The van der Waals surface area contributed by atoms with E-state index >= 15 is 0 Å². The van der Waals surface area contributed by atoms with Gasteiger partial charge >= 0.3 is 0 Å². The van der Waals surface area contributed by atoms with E-state index in [0.717, 1.165) is 51.3 Å². The molecule has 1 unspecified atom stereocenters. The highest BCUT2D eigenvalue weighted by molar-refractivity contribution is 6.33. The molecule has 4 rings (SSSR count). The van der Waals surface area contributed by atoms with Gasteiger partial charge in [-0.05, 0) is 42.8 Å². The molecule has 6 nitrogen and oxygen atoms in total. The van der Waals surface area contributed by atoms with Crippen molar-refractivity contribution in [3.63, 3.8) is 0 Å². The molecule has 37 heavy (non-hydrogen) atoms. The number of halogens is 2. The molecule has 2 aliphatic heterocycles. The molecule has 2 aromatic carbocycles. The summed E-state index contributed by atoms with van der Waals surface area (Å²) >= 11 is 6.11. The zero-order valence-electron chi connectivity index (χ0n) is 21.6. The molecule has 1 saturated heterocycles. The number of fused-ring (bicyclic) bond motifs is 1. The van der Waals surface area contributed by atoms with Gasteiger partial charge in [-0.25, -0.2) is 4.39 Å². The Morgan fingerprint density at radius 3 is 2.54 bits per heavy atom. The van der Waals surface area contributed by atoms with Crippen LogP contribution in [0.5, 0.6) is 0 Å². The topological polar surface area (TPSA) is 55.9 Å². The quantitative estimate of drug-likeness (QED) is 0.460. The van der Waals surface area contributed by atoms with Crippen molar-refractivity contribution in [2.75, 3.05) is 45.8 Å². The molecule has 0 radical (unpaired) electrons. The van der Waals surface area contributed by atoms with Gasteiger partial charge in [-0.1, -0.05) is 61.8 Å². The minimum Gasteiger partial charge on any atom is -0.349 e. The summed E-state index contributed by atoms with van der Waals surface area (Å²) in [4.78, 5) is 31.9. The lowest BCUT2D eigenvalue weighted by atomic mass is 10.0. The maximum absolute atomic E-state index is 14.2. The second-order valence-corrected chi connectivity index (χ2v) is 10.2. The van der Waals surface area contributed by atoms with Crippen molar-refractivity contribution in [3.8, 4) is 0 Å². The number of hydrogen-bond donors (Lipinski definition) is 1. The zero-order valence-corrected chi connectivity index (χ0v) is 22.4. The Morgan fingerprint density at radius 2 is 1.86 bits per heavy atom. The predicted molar refractivity (Wildman–Crippen MR) is 145 cm³/mol. The van der Waals surface area contributed by atoms with Gasteiger partial charge < -0.3 is 15.1 Å². The first kappa shape index (κ1) is 27.3. The third kappa shape index (κ3) is 6.78. The van der Waals surface area contributed by atoms with Gasteiger partial charge in [0.05, 0.1) is 16.6 Å². The number of carbonyl (C=O) groups is 2. The molecule has 1 fully saturated rings. The number of rotatable bonds is 11. The Balaban J connectivity index is 1.34. The maximum Gasteiger partial charge on any atom is 0.262 e. The van der Waals surface area contributed by atoms with Gasteiger partial charge in [-0.3, -0.25) is 14.5 Å². The Morgan fingerprint density at radius 1 is 1.11 bits per heavy atom. The summed E-state index contributed by atoms with van der Waals surface area (Å²) in [6, 6.07) is 14.4. The van der Waals surface area contributed by atoms with E-state index in [2.05, 4.69) is 41.1 Å². The lowest BCUT2D eigenvalue weighted by Crippen LogP contribution is -2.35. The van der Waals surface area contributed by atoms with E-state index in [1.54, 1.807) is 4.90 Å². The molecular weight excluding hydrogens is 491 g/mol. The molecule has 2 aliphatic rings. The lowest BCUT2D eigenvalue weighted by Gasteiger charge is -2.24. The van der Waals surface area contributed by atoms with Crippen LogP contribution in [0, 0.1) is 11.7 Å². The number of nitrogens with one attached hydrogen (secondary N) is 1. The van der Waals surface area contributed by atoms with Gasteiger partial charge in [-0.2, -0.15) is 0 Å². The van der Waals surface area contributed by atoms with Crippen molar-refractivity contribution in [1.29, 1.82) is 0 Å². The molecule has 0 spiro atoms. The SMILES string of the molecule is CCN(CC)CCC(=O)N[C@@H](CCN1CC2=CN(C(=O)c3c(F)cccc3Cl)CC2C1)c1ccccc1. The lowest BCUT2D eigenvalue weighted by molar-refractivity contribution is -0.122. The summed E-state index contributed by atoms with van der Waals surface area (Å²) in [6.07, 6.45) is 3.15. The highest BCUT2D eigenvalue weighted by Crippen LogP contribution is 2.32. The van der Waals surface area contributed by atoms with Crippen LogP contribution in [0.4, 0.5) is 4.39 Å². The smallest absolute Gasteiger partial charge is 0.262 e. The third-order valence-electron chi connectivity index (χ3n) is 7.41. The number of carbonyl (C=O) groups excluding carboxylic acids is 2. The molecule has 2 heterocycles. The van der Waals surface area contributed by atoms with Crippen LogP contribution in [0.15, 0.2) is 60.3 Å². The summed E-state index contributed by atoms with van der Waals surface area (Å²) < 4.78 is 14.2. The molecule has 0 aromatic heterocycles. The van der Waals surface area contributed by atoms with Crippen molar-refractivity contribution >= 4 is 23.4 Å². The van der Waals surface area contributed by atoms with Crippen molar-refractivity contribution in [2.24, 2.45) is 5.92 Å². The largest absolute Gasteiger partial charge is 0.349 e. The van der Waals surface area contributed by atoms with Crippen LogP contribution in [0.25, 0.3) is 0 Å². The van der Waals surface area contributed by atoms with Crippen LogP contribution in [-0.2, 0) is 4.79 Å².